The maximum absolute atomic E-state index is 12.6. The molecule has 2 rings (SSSR count). The summed E-state index contributed by atoms with van der Waals surface area (Å²) in [5, 5.41) is 3.68. The molecule has 0 aliphatic rings. The molecule has 112 valence electrons. The summed E-state index contributed by atoms with van der Waals surface area (Å²) < 4.78 is 4.63. The van der Waals surface area contributed by atoms with Gasteiger partial charge in [0.1, 0.15) is 0 Å². The predicted octanol–water partition coefficient (Wildman–Crippen LogP) is 3.45. The Hall–Kier alpha value is -2.95. The number of nitrogens with zero attached hydrogens (tertiary/aromatic N) is 1. The summed E-state index contributed by atoms with van der Waals surface area (Å²) in [5.41, 5.74) is 1.05. The van der Waals surface area contributed by atoms with Crippen molar-refractivity contribution in [1.29, 1.82) is 0 Å². The molecule has 0 N–H and O–H groups in total. The summed E-state index contributed by atoms with van der Waals surface area (Å²) in [6.07, 6.45) is -0.947. The number of hydrogen-bond donors (Lipinski definition) is 0. The van der Waals surface area contributed by atoms with Crippen LogP contribution in [0.5, 0.6) is 0 Å². The first-order chi connectivity index (χ1) is 10.7. The fourth-order valence-electron chi connectivity index (χ4n) is 1.77. The smallest absolute Gasteiger partial charge is 0.433 e. The summed E-state index contributed by atoms with van der Waals surface area (Å²) in [5.74, 6) is -0.337. The molecule has 22 heavy (non-hydrogen) atoms. The average molecular weight is 297 g/mol. The van der Waals surface area contributed by atoms with Gasteiger partial charge in [0, 0.05) is 11.1 Å². The second-order valence-corrected chi connectivity index (χ2v) is 4.28. The molecule has 0 aliphatic heterocycles. The number of benzene rings is 2. The monoisotopic (exact) mass is 297 g/mol. The molecule has 0 heterocycles. The summed E-state index contributed by atoms with van der Waals surface area (Å²) in [4.78, 5) is 28.5. The fraction of sp³-hybridized carbons (Fsp3) is 0.118. The molecular weight excluding hydrogens is 282 g/mol. The zero-order chi connectivity index (χ0) is 15.8. The first-order valence-corrected chi connectivity index (χ1v) is 6.79. The second-order valence-electron chi connectivity index (χ2n) is 4.28. The Morgan fingerprint density at radius 2 is 1.45 bits per heavy atom. The minimum Gasteiger partial charge on any atom is -0.433 e. The normalized spacial score (nSPS) is 10.9. The lowest BCUT2D eigenvalue weighted by atomic mass is 10.0. The van der Waals surface area contributed by atoms with E-state index in [0.29, 0.717) is 11.1 Å². The molecule has 0 amide bonds. The molecule has 0 saturated heterocycles. The van der Waals surface area contributed by atoms with Gasteiger partial charge in [-0.15, -0.1) is 0 Å². The van der Waals surface area contributed by atoms with Crippen LogP contribution in [-0.4, -0.2) is 24.3 Å². The minimum absolute atomic E-state index is 0.0415. The summed E-state index contributed by atoms with van der Waals surface area (Å²) in [6, 6.07) is 17.5. The highest BCUT2D eigenvalue weighted by Gasteiger charge is 2.18. The molecular formula is C17H15NO4. The van der Waals surface area contributed by atoms with E-state index in [2.05, 4.69) is 14.7 Å². The minimum atomic E-state index is -0.947. The van der Waals surface area contributed by atoms with Crippen LogP contribution in [0.25, 0.3) is 0 Å². The average Bonchev–Trinajstić information content (AvgIpc) is 2.57. The molecule has 0 aromatic heterocycles. The van der Waals surface area contributed by atoms with E-state index in [9.17, 15) is 9.59 Å². The van der Waals surface area contributed by atoms with Crippen LogP contribution in [0.15, 0.2) is 65.8 Å². The third kappa shape index (κ3) is 4.02. The van der Waals surface area contributed by atoms with Crippen LogP contribution in [0.3, 0.4) is 0 Å². The van der Waals surface area contributed by atoms with Crippen LogP contribution in [0, 0.1) is 0 Å². The molecule has 5 heteroatoms. The fourth-order valence-corrected chi connectivity index (χ4v) is 1.77. The lowest BCUT2D eigenvalue weighted by Gasteiger charge is -2.05. The maximum Gasteiger partial charge on any atom is 0.535 e. The molecule has 0 bridgehead atoms. The van der Waals surface area contributed by atoms with Crippen molar-refractivity contribution < 1.29 is 19.2 Å². The standard InChI is InChI=1S/C17H15NO4/c1-2-21-17(20)22-18-15(13-9-5-3-6-10-13)16(19)14-11-7-4-8-12-14/h3-12H,2H2,1H3. The molecule has 2 aromatic carbocycles. The molecule has 0 radical (unpaired) electrons. The van der Waals surface area contributed by atoms with Gasteiger partial charge in [0.15, 0.2) is 5.71 Å². The lowest BCUT2D eigenvalue weighted by Crippen LogP contribution is -2.17. The number of carbonyl (C=O) groups is 2. The van der Waals surface area contributed by atoms with Crippen LogP contribution in [0.4, 0.5) is 4.79 Å². The molecule has 0 unspecified atom stereocenters. The van der Waals surface area contributed by atoms with Gasteiger partial charge in [0.05, 0.1) is 6.61 Å². The number of oxime groups is 1. The summed E-state index contributed by atoms with van der Waals surface area (Å²) in [7, 11) is 0. The van der Waals surface area contributed by atoms with Gasteiger partial charge in [-0.1, -0.05) is 65.8 Å². The highest BCUT2D eigenvalue weighted by molar-refractivity contribution is 6.51. The van der Waals surface area contributed by atoms with E-state index in [1.54, 1.807) is 55.5 Å². The third-order valence-electron chi connectivity index (χ3n) is 2.77. The molecule has 0 spiro atoms. The predicted molar refractivity (Wildman–Crippen MR) is 81.9 cm³/mol. The van der Waals surface area contributed by atoms with E-state index in [4.69, 9.17) is 0 Å². The Morgan fingerprint density at radius 1 is 0.909 bits per heavy atom. The SMILES string of the molecule is CCOC(=O)ON=C(C(=O)c1ccccc1)c1ccccc1. The van der Waals surface area contributed by atoms with Crippen LogP contribution in [0.1, 0.15) is 22.8 Å². The number of ether oxygens (including phenoxy) is 1. The Labute approximate surface area is 128 Å². The highest BCUT2D eigenvalue weighted by atomic mass is 16.8. The van der Waals surface area contributed by atoms with Crippen LogP contribution >= 0.6 is 0 Å². The number of carbonyl (C=O) groups excluding carboxylic acids is 2. The van der Waals surface area contributed by atoms with E-state index < -0.39 is 6.16 Å². The van der Waals surface area contributed by atoms with Gasteiger partial charge in [-0.3, -0.25) is 9.63 Å². The Kier molecular flexibility index (Phi) is 5.43. The van der Waals surface area contributed by atoms with Crippen molar-refractivity contribution in [1.82, 2.24) is 0 Å². The van der Waals surface area contributed by atoms with E-state index in [1.165, 1.54) is 0 Å². The zero-order valence-electron chi connectivity index (χ0n) is 12.1. The Bertz CT molecular complexity index is 666. The van der Waals surface area contributed by atoms with E-state index in [-0.39, 0.29) is 18.1 Å². The number of ketones is 1. The molecule has 2 aromatic rings. The van der Waals surface area contributed by atoms with Gasteiger partial charge in [-0.25, -0.2) is 4.79 Å². The van der Waals surface area contributed by atoms with Gasteiger partial charge >= 0.3 is 6.16 Å². The van der Waals surface area contributed by atoms with Gasteiger partial charge in [0.2, 0.25) is 5.78 Å². The van der Waals surface area contributed by atoms with Crippen molar-refractivity contribution in [2.75, 3.05) is 6.61 Å². The molecule has 0 fully saturated rings. The highest BCUT2D eigenvalue weighted by Crippen LogP contribution is 2.09. The first kappa shape index (κ1) is 15.4. The van der Waals surface area contributed by atoms with Gasteiger partial charge in [-0.05, 0) is 6.92 Å². The van der Waals surface area contributed by atoms with Gasteiger partial charge in [-0.2, -0.15) is 0 Å². The van der Waals surface area contributed by atoms with Crippen LogP contribution < -0.4 is 0 Å². The van der Waals surface area contributed by atoms with Crippen molar-refractivity contribution in [3.63, 3.8) is 0 Å². The lowest BCUT2D eigenvalue weighted by molar-refractivity contribution is 0.0612. The quantitative estimate of drug-likeness (QED) is 0.279. The Morgan fingerprint density at radius 3 is 2.00 bits per heavy atom. The second kappa shape index (κ2) is 7.73. The van der Waals surface area contributed by atoms with Crippen LogP contribution in [0.2, 0.25) is 0 Å². The van der Waals surface area contributed by atoms with Crippen molar-refractivity contribution in [2.24, 2.45) is 5.16 Å². The van der Waals surface area contributed by atoms with E-state index in [1.807, 2.05) is 12.1 Å². The topological polar surface area (TPSA) is 65.0 Å². The van der Waals surface area contributed by atoms with Crippen LogP contribution in [-0.2, 0) is 9.57 Å². The molecule has 0 saturated carbocycles. The van der Waals surface area contributed by atoms with Gasteiger partial charge in [0.25, 0.3) is 0 Å². The molecule has 0 aliphatic carbocycles. The van der Waals surface area contributed by atoms with Crippen molar-refractivity contribution in [3.05, 3.63) is 71.8 Å². The van der Waals surface area contributed by atoms with Crippen molar-refractivity contribution in [2.45, 2.75) is 6.92 Å². The molecule has 0 atom stereocenters. The number of rotatable bonds is 5. The van der Waals surface area contributed by atoms with E-state index >= 15 is 0 Å². The Balaban J connectivity index is 2.32. The third-order valence-corrected chi connectivity index (χ3v) is 2.77. The summed E-state index contributed by atoms with van der Waals surface area (Å²) in [6.45, 7) is 1.82. The number of hydrogen-bond acceptors (Lipinski definition) is 5. The van der Waals surface area contributed by atoms with Crippen molar-refractivity contribution >= 4 is 17.7 Å². The zero-order valence-corrected chi connectivity index (χ0v) is 12.1. The van der Waals surface area contributed by atoms with Crippen molar-refractivity contribution in [3.8, 4) is 0 Å². The summed E-state index contributed by atoms with van der Waals surface area (Å²) >= 11 is 0. The van der Waals surface area contributed by atoms with Gasteiger partial charge < -0.3 is 4.74 Å². The molecule has 5 nitrogen and oxygen atoms in total. The first-order valence-electron chi connectivity index (χ1n) is 6.79. The largest absolute Gasteiger partial charge is 0.535 e. The maximum atomic E-state index is 12.6. The number of Topliss-reactive ketones (excluding diaryl/α,β-unsaturated/α-hetero) is 1. The van der Waals surface area contributed by atoms with E-state index in [0.717, 1.165) is 0 Å².